The zero-order valence-electron chi connectivity index (χ0n) is 10.1. The fraction of sp³-hybridized carbons (Fsp3) is 0.500. The van der Waals surface area contributed by atoms with Crippen LogP contribution in [0.4, 0.5) is 0 Å². The highest BCUT2D eigenvalue weighted by molar-refractivity contribution is 7.99. The fourth-order valence-electron chi connectivity index (χ4n) is 1.12. The topological polar surface area (TPSA) is 110 Å². The highest BCUT2D eigenvalue weighted by atomic mass is 32.2. The summed E-state index contributed by atoms with van der Waals surface area (Å²) in [6.07, 6.45) is 0.913. The van der Waals surface area contributed by atoms with Gasteiger partial charge in [-0.25, -0.2) is 5.84 Å². The first-order valence-electron chi connectivity index (χ1n) is 5.48. The number of hydrazine groups is 1. The summed E-state index contributed by atoms with van der Waals surface area (Å²) in [4.78, 5) is 22.4. The molecule has 0 saturated heterocycles. The number of carbonyl (C=O) groups is 2. The zero-order chi connectivity index (χ0) is 13.4. The smallest absolute Gasteiger partial charge is 0.287 e. The predicted molar refractivity (Wildman–Crippen MR) is 67.6 cm³/mol. The Morgan fingerprint density at radius 1 is 1.56 bits per heavy atom. The maximum absolute atomic E-state index is 11.3. The second kappa shape index (κ2) is 7.72. The molecule has 0 aliphatic rings. The summed E-state index contributed by atoms with van der Waals surface area (Å²) in [5.41, 5.74) is 2.09. The summed E-state index contributed by atoms with van der Waals surface area (Å²) in [6.45, 7) is 2.68. The minimum Gasteiger partial charge on any atom is -0.360 e. The van der Waals surface area contributed by atoms with Gasteiger partial charge in [0.1, 0.15) is 5.76 Å². The Labute approximate surface area is 109 Å². The van der Waals surface area contributed by atoms with Crippen LogP contribution in [0.15, 0.2) is 10.6 Å². The molecule has 0 aromatic carbocycles. The largest absolute Gasteiger partial charge is 0.360 e. The van der Waals surface area contributed by atoms with Crippen molar-refractivity contribution in [3.63, 3.8) is 0 Å². The molecule has 1 aromatic heterocycles. The van der Waals surface area contributed by atoms with Crippen molar-refractivity contribution >= 4 is 23.6 Å². The summed E-state index contributed by atoms with van der Waals surface area (Å²) in [5, 5.41) is 6.32. The number of amides is 2. The number of hydrogen-bond donors (Lipinski definition) is 3. The van der Waals surface area contributed by atoms with Gasteiger partial charge in [0, 0.05) is 12.6 Å². The molecule has 8 heteroatoms. The van der Waals surface area contributed by atoms with Crippen LogP contribution >= 0.6 is 11.8 Å². The standard InChI is InChI=1S/C10H16N4O3S/c1-2-3-12-9(15)6-18-5-7-4-8(14-17-7)10(16)13-11/h4H,2-3,5-6,11H2,1H3,(H,12,15)(H,13,16). The summed E-state index contributed by atoms with van der Waals surface area (Å²) in [5.74, 6) is 5.80. The Morgan fingerprint density at radius 2 is 2.33 bits per heavy atom. The van der Waals surface area contributed by atoms with Crippen molar-refractivity contribution in [2.45, 2.75) is 19.1 Å². The summed E-state index contributed by atoms with van der Waals surface area (Å²) in [7, 11) is 0. The second-order valence-corrected chi connectivity index (χ2v) is 4.48. The van der Waals surface area contributed by atoms with Gasteiger partial charge in [-0.15, -0.1) is 11.8 Å². The molecule has 0 unspecified atom stereocenters. The van der Waals surface area contributed by atoms with E-state index in [1.165, 1.54) is 17.8 Å². The number of rotatable bonds is 7. The Bertz CT molecular complexity index is 408. The van der Waals surface area contributed by atoms with Crippen molar-refractivity contribution in [1.82, 2.24) is 15.9 Å². The predicted octanol–water partition coefficient (Wildman–Crippen LogP) is 0.0375. The van der Waals surface area contributed by atoms with E-state index in [0.29, 0.717) is 23.8 Å². The molecule has 0 saturated carbocycles. The van der Waals surface area contributed by atoms with Crippen LogP contribution in [-0.2, 0) is 10.5 Å². The minimum atomic E-state index is -0.504. The molecule has 100 valence electrons. The number of nitrogens with zero attached hydrogens (tertiary/aromatic N) is 1. The third kappa shape index (κ3) is 4.76. The number of nitrogen functional groups attached to an aromatic ring is 1. The van der Waals surface area contributed by atoms with Crippen molar-refractivity contribution in [3.8, 4) is 0 Å². The van der Waals surface area contributed by atoms with Gasteiger partial charge in [0.05, 0.1) is 11.5 Å². The first-order valence-corrected chi connectivity index (χ1v) is 6.63. The molecular weight excluding hydrogens is 256 g/mol. The van der Waals surface area contributed by atoms with Gasteiger partial charge in [0.15, 0.2) is 5.69 Å². The van der Waals surface area contributed by atoms with Crippen LogP contribution in [0.2, 0.25) is 0 Å². The van der Waals surface area contributed by atoms with Crippen LogP contribution in [0.5, 0.6) is 0 Å². The second-order valence-electron chi connectivity index (χ2n) is 3.49. The monoisotopic (exact) mass is 272 g/mol. The SMILES string of the molecule is CCCNC(=O)CSCc1cc(C(=O)NN)no1. The summed E-state index contributed by atoms with van der Waals surface area (Å²) >= 11 is 1.39. The van der Waals surface area contributed by atoms with E-state index < -0.39 is 5.91 Å². The van der Waals surface area contributed by atoms with E-state index in [9.17, 15) is 9.59 Å². The van der Waals surface area contributed by atoms with Crippen molar-refractivity contribution in [2.24, 2.45) is 5.84 Å². The molecule has 18 heavy (non-hydrogen) atoms. The van der Waals surface area contributed by atoms with Gasteiger partial charge in [0.2, 0.25) is 5.91 Å². The van der Waals surface area contributed by atoms with Crippen molar-refractivity contribution in [3.05, 3.63) is 17.5 Å². The van der Waals surface area contributed by atoms with E-state index in [0.717, 1.165) is 6.42 Å². The molecule has 0 radical (unpaired) electrons. The van der Waals surface area contributed by atoms with Gasteiger partial charge in [-0.05, 0) is 6.42 Å². The van der Waals surface area contributed by atoms with Crippen molar-refractivity contribution < 1.29 is 14.1 Å². The van der Waals surface area contributed by atoms with E-state index in [2.05, 4.69) is 10.5 Å². The van der Waals surface area contributed by atoms with Crippen molar-refractivity contribution in [1.29, 1.82) is 0 Å². The van der Waals surface area contributed by atoms with Crippen molar-refractivity contribution in [2.75, 3.05) is 12.3 Å². The third-order valence-electron chi connectivity index (χ3n) is 1.97. The van der Waals surface area contributed by atoms with Crippen LogP contribution in [0.3, 0.4) is 0 Å². The Hall–Kier alpha value is -1.54. The summed E-state index contributed by atoms with van der Waals surface area (Å²) in [6, 6.07) is 1.50. The Morgan fingerprint density at radius 3 is 3.00 bits per heavy atom. The molecule has 0 fully saturated rings. The molecule has 1 aromatic rings. The molecule has 4 N–H and O–H groups in total. The highest BCUT2D eigenvalue weighted by Crippen LogP contribution is 2.13. The van der Waals surface area contributed by atoms with E-state index >= 15 is 0 Å². The molecule has 1 rings (SSSR count). The molecule has 0 aliphatic carbocycles. The van der Waals surface area contributed by atoms with Crippen LogP contribution in [-0.4, -0.2) is 29.3 Å². The number of aromatic nitrogens is 1. The van der Waals surface area contributed by atoms with Crippen LogP contribution in [0.25, 0.3) is 0 Å². The lowest BCUT2D eigenvalue weighted by Gasteiger charge is -2.01. The van der Waals surface area contributed by atoms with Gasteiger partial charge in [-0.3, -0.25) is 15.0 Å². The number of thioether (sulfide) groups is 1. The van der Waals surface area contributed by atoms with Gasteiger partial charge in [-0.2, -0.15) is 0 Å². The van der Waals surface area contributed by atoms with E-state index in [4.69, 9.17) is 10.4 Å². The lowest BCUT2D eigenvalue weighted by Crippen LogP contribution is -2.30. The average molecular weight is 272 g/mol. The maximum Gasteiger partial charge on any atom is 0.287 e. The third-order valence-corrected chi connectivity index (χ3v) is 2.93. The van der Waals surface area contributed by atoms with Gasteiger partial charge < -0.3 is 9.84 Å². The molecule has 7 nitrogen and oxygen atoms in total. The van der Waals surface area contributed by atoms with Gasteiger partial charge in [-0.1, -0.05) is 12.1 Å². The summed E-state index contributed by atoms with van der Waals surface area (Å²) < 4.78 is 4.93. The number of nitrogens with one attached hydrogen (secondary N) is 2. The molecule has 0 atom stereocenters. The molecule has 2 amide bonds. The lowest BCUT2D eigenvalue weighted by molar-refractivity contribution is -0.118. The normalized spacial score (nSPS) is 10.1. The van der Waals surface area contributed by atoms with Crippen LogP contribution in [0, 0.1) is 0 Å². The highest BCUT2D eigenvalue weighted by Gasteiger charge is 2.11. The number of hydrogen-bond acceptors (Lipinski definition) is 6. The van der Waals surface area contributed by atoms with E-state index in [-0.39, 0.29) is 11.6 Å². The fourth-order valence-corrected chi connectivity index (χ4v) is 1.85. The quantitative estimate of drug-likeness (QED) is 0.367. The minimum absolute atomic E-state index is 0.0127. The molecule has 0 aliphatic heterocycles. The Balaban J connectivity index is 2.29. The van der Waals surface area contributed by atoms with E-state index in [1.54, 1.807) is 0 Å². The maximum atomic E-state index is 11.3. The molecule has 1 heterocycles. The van der Waals surface area contributed by atoms with E-state index in [1.807, 2.05) is 12.3 Å². The zero-order valence-corrected chi connectivity index (χ0v) is 10.9. The first kappa shape index (κ1) is 14.5. The number of nitrogens with two attached hydrogens (primary N) is 1. The van der Waals surface area contributed by atoms with Gasteiger partial charge in [0.25, 0.3) is 5.91 Å². The van der Waals surface area contributed by atoms with Crippen LogP contribution < -0.4 is 16.6 Å². The first-order chi connectivity index (χ1) is 8.67. The molecule has 0 bridgehead atoms. The molecular formula is C10H16N4O3S. The van der Waals surface area contributed by atoms with Gasteiger partial charge >= 0.3 is 0 Å². The Kier molecular flexibility index (Phi) is 6.23. The number of carbonyl (C=O) groups excluding carboxylic acids is 2. The average Bonchev–Trinajstić information content (AvgIpc) is 2.84. The lowest BCUT2D eigenvalue weighted by atomic mass is 10.4. The molecule has 0 spiro atoms. The van der Waals surface area contributed by atoms with Crippen LogP contribution in [0.1, 0.15) is 29.6 Å².